The number of aromatic nitrogens is 2. The van der Waals surface area contributed by atoms with Crippen LogP contribution in [0, 0.1) is 5.92 Å². The predicted octanol–water partition coefficient (Wildman–Crippen LogP) is 7.91. The Morgan fingerprint density at radius 1 is 0.737 bits per heavy atom. The van der Waals surface area contributed by atoms with Crippen molar-refractivity contribution in [3.63, 3.8) is 0 Å². The van der Waals surface area contributed by atoms with Gasteiger partial charge in [0.15, 0.2) is 5.82 Å². The SMILES string of the molecule is CCCCCCOc1ccc(-c2cnc(-c3ccc(OCC(C)OC(=O)C(C)CCCC)cc3)nc2)cc1. The first-order valence-electron chi connectivity index (χ1n) is 14.0. The number of hydrogen-bond donors (Lipinski definition) is 0. The zero-order valence-electron chi connectivity index (χ0n) is 23.3. The smallest absolute Gasteiger partial charge is 0.309 e. The van der Waals surface area contributed by atoms with Crippen LogP contribution in [0.15, 0.2) is 60.9 Å². The third-order valence-corrected chi connectivity index (χ3v) is 6.41. The molecule has 2 atom stereocenters. The van der Waals surface area contributed by atoms with E-state index in [1.807, 2.05) is 74.8 Å². The summed E-state index contributed by atoms with van der Waals surface area (Å²) >= 11 is 0. The molecule has 38 heavy (non-hydrogen) atoms. The Morgan fingerprint density at radius 2 is 1.34 bits per heavy atom. The molecule has 6 heteroatoms. The molecule has 1 heterocycles. The molecule has 2 unspecified atom stereocenters. The number of hydrogen-bond acceptors (Lipinski definition) is 6. The lowest BCUT2D eigenvalue weighted by molar-refractivity contribution is -0.154. The van der Waals surface area contributed by atoms with E-state index in [0.717, 1.165) is 54.7 Å². The van der Waals surface area contributed by atoms with Crippen LogP contribution in [0.4, 0.5) is 0 Å². The molecule has 0 aliphatic rings. The summed E-state index contributed by atoms with van der Waals surface area (Å²) in [6, 6.07) is 15.7. The summed E-state index contributed by atoms with van der Waals surface area (Å²) < 4.78 is 17.2. The molecular weight excluding hydrogens is 476 g/mol. The van der Waals surface area contributed by atoms with Gasteiger partial charge in [-0.1, -0.05) is 65.0 Å². The average Bonchev–Trinajstić information content (AvgIpc) is 2.95. The fourth-order valence-electron chi connectivity index (χ4n) is 3.98. The van der Waals surface area contributed by atoms with Gasteiger partial charge in [-0.25, -0.2) is 9.97 Å². The number of carbonyl (C=O) groups excluding carboxylic acids is 1. The van der Waals surface area contributed by atoms with Crippen LogP contribution in [0.3, 0.4) is 0 Å². The molecule has 0 bridgehead atoms. The number of benzene rings is 2. The highest BCUT2D eigenvalue weighted by Crippen LogP contribution is 2.24. The number of rotatable bonds is 16. The van der Waals surface area contributed by atoms with E-state index in [1.54, 1.807) is 0 Å². The van der Waals surface area contributed by atoms with Crippen LogP contribution >= 0.6 is 0 Å². The lowest BCUT2D eigenvalue weighted by Gasteiger charge is -2.17. The number of carbonyl (C=O) groups is 1. The Balaban J connectivity index is 1.47. The van der Waals surface area contributed by atoms with Crippen molar-refractivity contribution < 1.29 is 19.0 Å². The van der Waals surface area contributed by atoms with Crippen molar-refractivity contribution >= 4 is 5.97 Å². The molecular formula is C32H42N2O4. The Morgan fingerprint density at radius 3 is 1.97 bits per heavy atom. The lowest BCUT2D eigenvalue weighted by atomic mass is 10.1. The zero-order valence-corrected chi connectivity index (χ0v) is 23.3. The maximum absolute atomic E-state index is 12.2. The maximum atomic E-state index is 12.2. The molecule has 6 nitrogen and oxygen atoms in total. The van der Waals surface area contributed by atoms with Crippen LogP contribution in [0.25, 0.3) is 22.5 Å². The molecule has 0 saturated carbocycles. The first-order chi connectivity index (χ1) is 18.5. The lowest BCUT2D eigenvalue weighted by Crippen LogP contribution is -2.25. The Hall–Kier alpha value is -3.41. The van der Waals surface area contributed by atoms with Crippen LogP contribution in [-0.2, 0) is 9.53 Å². The van der Waals surface area contributed by atoms with Gasteiger partial charge in [0.25, 0.3) is 0 Å². The summed E-state index contributed by atoms with van der Waals surface area (Å²) in [6.07, 6.45) is 11.1. The van der Waals surface area contributed by atoms with E-state index < -0.39 is 0 Å². The van der Waals surface area contributed by atoms with Gasteiger partial charge in [-0.15, -0.1) is 0 Å². The average molecular weight is 519 g/mol. The summed E-state index contributed by atoms with van der Waals surface area (Å²) in [4.78, 5) is 21.3. The molecule has 1 aromatic heterocycles. The first kappa shape index (κ1) is 29.2. The third-order valence-electron chi connectivity index (χ3n) is 6.41. The van der Waals surface area contributed by atoms with Crippen molar-refractivity contribution in [2.24, 2.45) is 5.92 Å². The molecule has 204 valence electrons. The molecule has 0 saturated heterocycles. The van der Waals surface area contributed by atoms with E-state index in [0.29, 0.717) is 18.2 Å². The molecule has 3 rings (SSSR count). The van der Waals surface area contributed by atoms with E-state index in [-0.39, 0.29) is 18.0 Å². The van der Waals surface area contributed by atoms with Crippen molar-refractivity contribution in [3.05, 3.63) is 60.9 Å². The number of ether oxygens (including phenoxy) is 3. The van der Waals surface area contributed by atoms with E-state index in [2.05, 4.69) is 23.8 Å². The van der Waals surface area contributed by atoms with Crippen LogP contribution in [-0.4, -0.2) is 35.3 Å². The van der Waals surface area contributed by atoms with Gasteiger partial charge in [0.05, 0.1) is 12.5 Å². The predicted molar refractivity (Wildman–Crippen MR) is 152 cm³/mol. The minimum atomic E-state index is -0.312. The van der Waals surface area contributed by atoms with Crippen LogP contribution in [0.2, 0.25) is 0 Å². The van der Waals surface area contributed by atoms with Crippen molar-refractivity contribution in [1.29, 1.82) is 0 Å². The number of unbranched alkanes of at least 4 members (excludes halogenated alkanes) is 4. The summed E-state index contributed by atoms with van der Waals surface area (Å²) in [5.74, 6) is 2.00. The first-order valence-corrected chi connectivity index (χ1v) is 14.0. The Bertz CT molecular complexity index is 1080. The fraction of sp³-hybridized carbons (Fsp3) is 0.469. The standard InChI is InChI=1S/C32H42N2O4/c1-5-7-9-10-20-36-29-16-12-26(13-17-29)28-21-33-31(34-22-28)27-14-18-30(19-15-27)37-23-25(4)38-32(35)24(3)11-8-6-2/h12-19,21-22,24-25H,5-11,20,23H2,1-4H3. The fourth-order valence-corrected chi connectivity index (χ4v) is 3.98. The van der Waals surface area contributed by atoms with E-state index in [1.165, 1.54) is 19.3 Å². The highest BCUT2D eigenvalue weighted by atomic mass is 16.6. The van der Waals surface area contributed by atoms with Crippen molar-refractivity contribution in [1.82, 2.24) is 9.97 Å². The van der Waals surface area contributed by atoms with Crippen molar-refractivity contribution in [3.8, 4) is 34.0 Å². The second-order valence-corrected chi connectivity index (χ2v) is 9.86. The van der Waals surface area contributed by atoms with E-state index in [9.17, 15) is 4.79 Å². The molecule has 0 spiro atoms. The molecule has 0 amide bonds. The van der Waals surface area contributed by atoms with Gasteiger partial charge < -0.3 is 14.2 Å². The quantitative estimate of drug-likeness (QED) is 0.142. The summed E-state index contributed by atoms with van der Waals surface area (Å²) in [5, 5.41) is 0. The highest BCUT2D eigenvalue weighted by Gasteiger charge is 2.17. The Kier molecular flexibility index (Phi) is 12.1. The minimum Gasteiger partial charge on any atom is -0.494 e. The Labute approximate surface area is 227 Å². The van der Waals surface area contributed by atoms with Gasteiger partial charge in [0, 0.05) is 23.5 Å². The molecule has 0 aliphatic carbocycles. The summed E-state index contributed by atoms with van der Waals surface area (Å²) in [7, 11) is 0. The van der Waals surface area contributed by atoms with Crippen LogP contribution in [0.1, 0.15) is 72.6 Å². The molecule has 0 radical (unpaired) electrons. The van der Waals surface area contributed by atoms with Gasteiger partial charge in [-0.2, -0.15) is 0 Å². The van der Waals surface area contributed by atoms with Crippen molar-refractivity contribution in [2.45, 2.75) is 78.7 Å². The topological polar surface area (TPSA) is 70.5 Å². The normalized spacial score (nSPS) is 12.5. The highest BCUT2D eigenvalue weighted by molar-refractivity contribution is 5.72. The van der Waals surface area contributed by atoms with Gasteiger partial charge in [0.1, 0.15) is 24.2 Å². The minimum absolute atomic E-state index is 0.0819. The van der Waals surface area contributed by atoms with Crippen LogP contribution in [0.5, 0.6) is 11.5 Å². The largest absolute Gasteiger partial charge is 0.494 e. The van der Waals surface area contributed by atoms with Gasteiger partial charge >= 0.3 is 5.97 Å². The molecule has 0 N–H and O–H groups in total. The summed E-state index contributed by atoms with van der Waals surface area (Å²) in [6.45, 7) is 9.16. The molecule has 0 fully saturated rings. The van der Waals surface area contributed by atoms with Crippen LogP contribution < -0.4 is 9.47 Å². The second-order valence-electron chi connectivity index (χ2n) is 9.86. The maximum Gasteiger partial charge on any atom is 0.309 e. The van der Waals surface area contributed by atoms with Gasteiger partial charge in [0.2, 0.25) is 0 Å². The molecule has 2 aromatic carbocycles. The van der Waals surface area contributed by atoms with Gasteiger partial charge in [-0.05, 0) is 61.7 Å². The molecule has 0 aliphatic heterocycles. The van der Waals surface area contributed by atoms with E-state index >= 15 is 0 Å². The number of nitrogens with zero attached hydrogens (tertiary/aromatic N) is 2. The molecule has 3 aromatic rings. The second kappa shape index (κ2) is 15.8. The summed E-state index contributed by atoms with van der Waals surface area (Å²) in [5.41, 5.74) is 2.91. The number of esters is 1. The van der Waals surface area contributed by atoms with Crippen molar-refractivity contribution in [2.75, 3.05) is 13.2 Å². The monoisotopic (exact) mass is 518 g/mol. The van der Waals surface area contributed by atoms with Gasteiger partial charge in [-0.3, -0.25) is 4.79 Å². The van der Waals surface area contributed by atoms with E-state index in [4.69, 9.17) is 14.2 Å². The zero-order chi connectivity index (χ0) is 27.2. The third kappa shape index (κ3) is 9.47.